The summed E-state index contributed by atoms with van der Waals surface area (Å²) in [5, 5.41) is 0. The van der Waals surface area contributed by atoms with Crippen LogP contribution < -0.4 is 5.56 Å². The largest absolute Gasteiger partial charge is 0.331 e. The first-order chi connectivity index (χ1) is 14.3. The number of amides is 1. The van der Waals surface area contributed by atoms with E-state index in [-0.39, 0.29) is 28.1 Å². The van der Waals surface area contributed by atoms with Crippen LogP contribution in [0, 0.1) is 0 Å². The van der Waals surface area contributed by atoms with Crippen molar-refractivity contribution in [2.45, 2.75) is 43.2 Å². The third kappa shape index (κ3) is 3.02. The molecule has 1 saturated carbocycles. The van der Waals surface area contributed by atoms with E-state index in [4.69, 9.17) is 0 Å². The molecule has 1 aliphatic heterocycles. The lowest BCUT2D eigenvalue weighted by atomic mass is 10.0. The minimum Gasteiger partial charge on any atom is -0.331 e. The fourth-order valence-corrected chi connectivity index (χ4v) is 5.20. The van der Waals surface area contributed by atoms with Crippen LogP contribution in [0.15, 0.2) is 46.1 Å². The highest BCUT2D eigenvalue weighted by molar-refractivity contribution is 7.90. The van der Waals surface area contributed by atoms with Gasteiger partial charge in [0, 0.05) is 30.0 Å². The minimum atomic E-state index is -3.40. The highest BCUT2D eigenvalue weighted by Crippen LogP contribution is 2.35. The SMILES string of the molecule is CS(=O)(=O)c1ccc2[nH]c(=O)c(-c3cccc4c3CN(C3CCCC3)C4=O)nc2c1. The summed E-state index contributed by atoms with van der Waals surface area (Å²) in [7, 11) is -3.40. The number of benzene rings is 2. The summed E-state index contributed by atoms with van der Waals surface area (Å²) in [5.41, 5.74) is 2.74. The van der Waals surface area contributed by atoms with Crippen LogP contribution in [-0.4, -0.2) is 41.5 Å². The Kier molecular flexibility index (Phi) is 4.28. The van der Waals surface area contributed by atoms with Gasteiger partial charge in [0.25, 0.3) is 11.5 Å². The lowest BCUT2D eigenvalue weighted by Crippen LogP contribution is -2.33. The molecular weight excluding hydrogens is 402 g/mol. The molecule has 3 aromatic rings. The number of aromatic nitrogens is 2. The Morgan fingerprint density at radius 1 is 1.07 bits per heavy atom. The maximum absolute atomic E-state index is 13.0. The molecule has 1 aliphatic carbocycles. The second-order valence-corrected chi connectivity index (χ2v) is 10.1. The maximum Gasteiger partial charge on any atom is 0.274 e. The second kappa shape index (κ2) is 6.77. The minimum absolute atomic E-state index is 0.00957. The van der Waals surface area contributed by atoms with Gasteiger partial charge < -0.3 is 9.88 Å². The number of carbonyl (C=O) groups excluding carboxylic acids is 1. The van der Waals surface area contributed by atoms with Crippen molar-refractivity contribution in [2.75, 3.05) is 6.26 Å². The number of carbonyl (C=O) groups is 1. The van der Waals surface area contributed by atoms with Gasteiger partial charge in [0.2, 0.25) is 0 Å². The molecule has 0 radical (unpaired) electrons. The smallest absolute Gasteiger partial charge is 0.274 e. The van der Waals surface area contributed by atoms with Crippen LogP contribution in [0.1, 0.15) is 41.6 Å². The molecule has 0 saturated heterocycles. The molecule has 0 spiro atoms. The van der Waals surface area contributed by atoms with E-state index >= 15 is 0 Å². The van der Waals surface area contributed by atoms with Crippen LogP contribution >= 0.6 is 0 Å². The third-order valence-electron chi connectivity index (χ3n) is 6.11. The van der Waals surface area contributed by atoms with Gasteiger partial charge in [-0.3, -0.25) is 9.59 Å². The summed E-state index contributed by atoms with van der Waals surface area (Å²) < 4.78 is 23.8. The molecule has 7 nitrogen and oxygen atoms in total. The van der Waals surface area contributed by atoms with Crippen molar-refractivity contribution < 1.29 is 13.2 Å². The molecule has 2 aromatic carbocycles. The number of H-pyrrole nitrogens is 1. The molecule has 0 atom stereocenters. The van der Waals surface area contributed by atoms with Gasteiger partial charge in [-0.2, -0.15) is 0 Å². The number of hydrogen-bond acceptors (Lipinski definition) is 5. The van der Waals surface area contributed by atoms with Crippen LogP contribution in [0.2, 0.25) is 0 Å². The van der Waals surface area contributed by atoms with Crippen molar-refractivity contribution in [1.82, 2.24) is 14.9 Å². The predicted molar refractivity (Wildman–Crippen MR) is 113 cm³/mol. The Hall–Kier alpha value is -3.00. The zero-order chi connectivity index (χ0) is 21.0. The highest BCUT2D eigenvalue weighted by Gasteiger charge is 2.35. The quantitative estimate of drug-likeness (QED) is 0.698. The molecule has 8 heteroatoms. The van der Waals surface area contributed by atoms with Gasteiger partial charge in [-0.1, -0.05) is 25.0 Å². The van der Waals surface area contributed by atoms with Gasteiger partial charge in [-0.05, 0) is 42.7 Å². The summed E-state index contributed by atoms with van der Waals surface area (Å²) in [4.78, 5) is 35.1. The first-order valence-electron chi connectivity index (χ1n) is 10.0. The van der Waals surface area contributed by atoms with Crippen molar-refractivity contribution in [3.8, 4) is 11.3 Å². The molecule has 0 bridgehead atoms. The predicted octanol–water partition coefficient (Wildman–Crippen LogP) is 2.89. The van der Waals surface area contributed by atoms with Crippen molar-refractivity contribution in [1.29, 1.82) is 0 Å². The maximum atomic E-state index is 13.0. The molecule has 0 unspecified atom stereocenters. The van der Waals surface area contributed by atoms with E-state index in [9.17, 15) is 18.0 Å². The van der Waals surface area contributed by atoms with E-state index in [1.54, 1.807) is 24.3 Å². The van der Waals surface area contributed by atoms with E-state index in [1.807, 2.05) is 4.90 Å². The van der Waals surface area contributed by atoms with Crippen LogP contribution in [0.3, 0.4) is 0 Å². The van der Waals surface area contributed by atoms with Crippen LogP contribution in [0.5, 0.6) is 0 Å². The molecule has 1 aromatic heterocycles. The average Bonchev–Trinajstić information content (AvgIpc) is 3.34. The zero-order valence-corrected chi connectivity index (χ0v) is 17.3. The topological polar surface area (TPSA) is 100 Å². The second-order valence-electron chi connectivity index (χ2n) is 8.07. The fraction of sp³-hybridized carbons (Fsp3) is 0.318. The molecule has 154 valence electrons. The Morgan fingerprint density at radius 2 is 1.80 bits per heavy atom. The molecule has 1 fully saturated rings. The number of rotatable bonds is 3. The first kappa shape index (κ1) is 19.0. The number of fused-ring (bicyclic) bond motifs is 2. The van der Waals surface area contributed by atoms with Gasteiger partial charge in [0.1, 0.15) is 5.69 Å². The van der Waals surface area contributed by atoms with E-state index in [0.29, 0.717) is 28.7 Å². The average molecular weight is 423 g/mol. The van der Waals surface area contributed by atoms with Gasteiger partial charge in [-0.25, -0.2) is 13.4 Å². The Morgan fingerprint density at radius 3 is 2.53 bits per heavy atom. The van der Waals surface area contributed by atoms with Crippen molar-refractivity contribution in [2.24, 2.45) is 0 Å². The third-order valence-corrected chi connectivity index (χ3v) is 7.22. The van der Waals surface area contributed by atoms with Gasteiger partial charge >= 0.3 is 0 Å². The first-order valence-corrected chi connectivity index (χ1v) is 11.9. The lowest BCUT2D eigenvalue weighted by molar-refractivity contribution is 0.0707. The van der Waals surface area contributed by atoms with E-state index < -0.39 is 9.84 Å². The Balaban J connectivity index is 1.64. The van der Waals surface area contributed by atoms with Crippen molar-refractivity contribution in [3.05, 3.63) is 57.9 Å². The number of aromatic amines is 1. The lowest BCUT2D eigenvalue weighted by Gasteiger charge is -2.23. The summed E-state index contributed by atoms with van der Waals surface area (Å²) in [6, 6.07) is 10.1. The number of sulfone groups is 1. The van der Waals surface area contributed by atoms with Crippen LogP contribution in [0.25, 0.3) is 22.3 Å². The molecule has 30 heavy (non-hydrogen) atoms. The summed E-state index contributed by atoms with van der Waals surface area (Å²) >= 11 is 0. The fourth-order valence-electron chi connectivity index (χ4n) is 4.56. The molecule has 1 N–H and O–H groups in total. The van der Waals surface area contributed by atoms with E-state index in [2.05, 4.69) is 9.97 Å². The Labute approximate surface area is 173 Å². The molecule has 1 amide bonds. The number of hydrogen-bond donors (Lipinski definition) is 1. The number of nitrogens with zero attached hydrogens (tertiary/aromatic N) is 2. The Bertz CT molecular complexity index is 1350. The zero-order valence-electron chi connectivity index (χ0n) is 16.5. The van der Waals surface area contributed by atoms with Gasteiger partial charge in [0.15, 0.2) is 9.84 Å². The summed E-state index contributed by atoms with van der Waals surface area (Å²) in [5.74, 6) is 0.00957. The van der Waals surface area contributed by atoms with E-state index in [1.165, 1.54) is 12.1 Å². The van der Waals surface area contributed by atoms with E-state index in [0.717, 1.165) is 37.5 Å². The van der Waals surface area contributed by atoms with Crippen molar-refractivity contribution in [3.63, 3.8) is 0 Å². The normalized spacial score (nSPS) is 17.1. The highest BCUT2D eigenvalue weighted by atomic mass is 32.2. The molecule has 2 heterocycles. The van der Waals surface area contributed by atoms with Crippen molar-refractivity contribution >= 4 is 26.8 Å². The standard InChI is InChI=1S/C22H21N3O4S/c1-30(28,29)14-9-10-18-19(11-14)23-20(21(26)24-18)15-7-4-8-16-17(15)12-25(22(16)27)13-5-2-3-6-13/h4,7-11,13H,2-3,5-6,12H2,1H3,(H,24,26). The molecule has 2 aliphatic rings. The molecule has 5 rings (SSSR count). The van der Waals surface area contributed by atoms with Gasteiger partial charge in [-0.15, -0.1) is 0 Å². The van der Waals surface area contributed by atoms with Crippen LogP contribution in [0.4, 0.5) is 0 Å². The summed E-state index contributed by atoms with van der Waals surface area (Å²) in [6.07, 6.45) is 5.42. The summed E-state index contributed by atoms with van der Waals surface area (Å²) in [6.45, 7) is 0.470. The number of nitrogens with one attached hydrogen (secondary N) is 1. The van der Waals surface area contributed by atoms with Crippen LogP contribution in [-0.2, 0) is 16.4 Å². The molecular formula is C22H21N3O4S. The monoisotopic (exact) mass is 423 g/mol. The van der Waals surface area contributed by atoms with Gasteiger partial charge in [0.05, 0.1) is 15.9 Å².